The molecule has 0 spiro atoms. The molecule has 0 aliphatic heterocycles. The van der Waals surface area contributed by atoms with Crippen molar-refractivity contribution in [2.45, 2.75) is 40.3 Å². The monoisotopic (exact) mass is 418 g/mol. The van der Waals surface area contributed by atoms with Gasteiger partial charge in [0.1, 0.15) is 29.8 Å². The van der Waals surface area contributed by atoms with Gasteiger partial charge in [-0.2, -0.15) is 0 Å². The van der Waals surface area contributed by atoms with Gasteiger partial charge in [-0.1, -0.05) is 38.1 Å². The molecule has 30 heavy (non-hydrogen) atoms. The molecule has 0 aromatic heterocycles. The first kappa shape index (κ1) is 23.3. The molecule has 0 heterocycles. The molecule has 162 valence electrons. The Morgan fingerprint density at radius 1 is 1.00 bits per heavy atom. The van der Waals surface area contributed by atoms with Crippen LogP contribution in [-0.4, -0.2) is 31.0 Å². The van der Waals surface area contributed by atoms with E-state index in [0.717, 1.165) is 36.5 Å². The van der Waals surface area contributed by atoms with Crippen LogP contribution in [0.1, 0.15) is 43.6 Å². The van der Waals surface area contributed by atoms with Crippen molar-refractivity contribution in [2.75, 3.05) is 18.0 Å². The molecule has 0 aliphatic carbocycles. The summed E-state index contributed by atoms with van der Waals surface area (Å²) in [5, 5.41) is 2.41. The summed E-state index contributed by atoms with van der Waals surface area (Å²) in [4.78, 5) is 27.2. The highest BCUT2D eigenvalue weighted by molar-refractivity contribution is 5.97. The summed E-state index contributed by atoms with van der Waals surface area (Å²) < 4.78 is 33.2. The lowest BCUT2D eigenvalue weighted by molar-refractivity contribution is -0.148. The number of amides is 1. The van der Waals surface area contributed by atoms with E-state index in [1.165, 1.54) is 6.07 Å². The number of nitrogens with zero attached hydrogens (tertiary/aromatic N) is 1. The van der Waals surface area contributed by atoms with E-state index in [9.17, 15) is 18.4 Å². The molecule has 1 amide bonds. The zero-order valence-corrected chi connectivity index (χ0v) is 17.7. The van der Waals surface area contributed by atoms with Crippen molar-refractivity contribution in [1.29, 1.82) is 0 Å². The molecule has 7 heteroatoms. The van der Waals surface area contributed by atoms with Crippen LogP contribution in [-0.2, 0) is 16.1 Å². The SMILES string of the molecule is CCN(CC)c1ccccc1COC(=O)C(NC(=O)c1c(F)cccc1F)C(C)C. The molecule has 0 saturated carbocycles. The fraction of sp³-hybridized carbons (Fsp3) is 0.391. The standard InChI is InChI=1S/C23H28F2N2O3/c1-5-27(6-2)19-13-8-7-10-16(19)14-30-23(29)21(15(3)4)26-22(28)20-17(24)11-9-12-18(20)25/h7-13,15,21H,5-6,14H2,1-4H3,(H,26,28). The summed E-state index contributed by atoms with van der Waals surface area (Å²) in [7, 11) is 0. The molecular formula is C23H28F2N2O3. The summed E-state index contributed by atoms with van der Waals surface area (Å²) in [6.07, 6.45) is 0. The van der Waals surface area contributed by atoms with Crippen molar-refractivity contribution in [2.24, 2.45) is 5.92 Å². The number of hydrogen-bond acceptors (Lipinski definition) is 4. The third kappa shape index (κ3) is 5.55. The maximum Gasteiger partial charge on any atom is 0.329 e. The first-order chi connectivity index (χ1) is 14.3. The summed E-state index contributed by atoms with van der Waals surface area (Å²) >= 11 is 0. The van der Waals surface area contributed by atoms with Crippen LogP contribution in [0.2, 0.25) is 0 Å². The van der Waals surface area contributed by atoms with Gasteiger partial charge in [0.15, 0.2) is 0 Å². The highest BCUT2D eigenvalue weighted by atomic mass is 19.1. The lowest BCUT2D eigenvalue weighted by Crippen LogP contribution is -2.45. The Balaban J connectivity index is 2.13. The number of nitrogens with one attached hydrogen (secondary N) is 1. The molecule has 0 saturated heterocycles. The van der Waals surface area contributed by atoms with E-state index in [0.29, 0.717) is 0 Å². The Morgan fingerprint density at radius 2 is 1.60 bits per heavy atom. The van der Waals surface area contributed by atoms with E-state index < -0.39 is 35.1 Å². The molecule has 1 unspecified atom stereocenters. The average Bonchev–Trinajstić information content (AvgIpc) is 2.71. The van der Waals surface area contributed by atoms with Gasteiger partial charge >= 0.3 is 5.97 Å². The lowest BCUT2D eigenvalue weighted by atomic mass is 10.0. The van der Waals surface area contributed by atoms with Crippen LogP contribution in [0.4, 0.5) is 14.5 Å². The highest BCUT2D eigenvalue weighted by Gasteiger charge is 2.28. The number of carbonyl (C=O) groups is 2. The number of carbonyl (C=O) groups excluding carboxylic acids is 2. The molecule has 0 radical (unpaired) electrons. The topological polar surface area (TPSA) is 58.6 Å². The van der Waals surface area contributed by atoms with Crippen molar-refractivity contribution in [3.63, 3.8) is 0 Å². The fourth-order valence-electron chi connectivity index (χ4n) is 3.17. The second-order valence-electron chi connectivity index (χ2n) is 7.20. The molecule has 1 N–H and O–H groups in total. The maximum absolute atomic E-state index is 13.9. The number of anilines is 1. The minimum absolute atomic E-state index is 0.0264. The van der Waals surface area contributed by atoms with Crippen molar-refractivity contribution in [3.05, 3.63) is 65.2 Å². The summed E-state index contributed by atoms with van der Waals surface area (Å²) in [5.74, 6) is -3.98. The van der Waals surface area contributed by atoms with Crippen LogP contribution in [0, 0.1) is 17.6 Å². The minimum Gasteiger partial charge on any atom is -0.459 e. The normalized spacial score (nSPS) is 11.8. The number of esters is 1. The van der Waals surface area contributed by atoms with E-state index >= 15 is 0 Å². The molecule has 2 aromatic carbocycles. The summed E-state index contributed by atoms with van der Waals surface area (Å²) in [6.45, 7) is 9.15. The molecule has 0 bridgehead atoms. The predicted octanol–water partition coefficient (Wildman–Crippen LogP) is 4.31. The highest BCUT2D eigenvalue weighted by Crippen LogP contribution is 2.21. The van der Waals surface area contributed by atoms with Crippen molar-refractivity contribution in [1.82, 2.24) is 5.32 Å². The second kappa shape index (κ2) is 10.7. The van der Waals surface area contributed by atoms with Gasteiger partial charge in [0.2, 0.25) is 0 Å². The molecular weight excluding hydrogens is 390 g/mol. The second-order valence-corrected chi connectivity index (χ2v) is 7.20. The van der Waals surface area contributed by atoms with Gasteiger partial charge in [0.25, 0.3) is 5.91 Å². The zero-order chi connectivity index (χ0) is 22.3. The van der Waals surface area contributed by atoms with Gasteiger partial charge in [-0.05, 0) is 38.0 Å². The Morgan fingerprint density at radius 3 is 2.17 bits per heavy atom. The van der Waals surface area contributed by atoms with Crippen LogP contribution in [0.25, 0.3) is 0 Å². The number of para-hydroxylation sites is 1. The lowest BCUT2D eigenvalue weighted by Gasteiger charge is -2.25. The van der Waals surface area contributed by atoms with Crippen LogP contribution in [0.5, 0.6) is 0 Å². The van der Waals surface area contributed by atoms with E-state index in [2.05, 4.69) is 10.2 Å². The number of rotatable bonds is 9. The van der Waals surface area contributed by atoms with Crippen molar-refractivity contribution >= 4 is 17.6 Å². The third-order valence-electron chi connectivity index (χ3n) is 4.86. The quantitative estimate of drug-likeness (QED) is 0.617. The van der Waals surface area contributed by atoms with E-state index in [1.54, 1.807) is 13.8 Å². The van der Waals surface area contributed by atoms with Crippen molar-refractivity contribution < 1.29 is 23.1 Å². The molecule has 5 nitrogen and oxygen atoms in total. The van der Waals surface area contributed by atoms with Gasteiger partial charge in [-0.15, -0.1) is 0 Å². The first-order valence-electron chi connectivity index (χ1n) is 10.0. The Bertz CT molecular complexity index is 862. The third-order valence-corrected chi connectivity index (χ3v) is 4.86. The zero-order valence-electron chi connectivity index (χ0n) is 17.7. The van der Waals surface area contributed by atoms with Crippen LogP contribution in [0.3, 0.4) is 0 Å². The Labute approximate surface area is 176 Å². The van der Waals surface area contributed by atoms with Crippen LogP contribution in [0.15, 0.2) is 42.5 Å². The molecule has 2 aromatic rings. The predicted molar refractivity (Wildman–Crippen MR) is 112 cm³/mol. The number of halogens is 2. The van der Waals surface area contributed by atoms with E-state index in [-0.39, 0.29) is 12.5 Å². The Kier molecular flexibility index (Phi) is 8.33. The Hall–Kier alpha value is -2.96. The van der Waals surface area contributed by atoms with Gasteiger partial charge in [-0.3, -0.25) is 4.79 Å². The van der Waals surface area contributed by atoms with Crippen LogP contribution < -0.4 is 10.2 Å². The molecule has 2 rings (SSSR count). The minimum atomic E-state index is -1.04. The average molecular weight is 418 g/mol. The maximum atomic E-state index is 13.9. The summed E-state index contributed by atoms with van der Waals surface area (Å²) in [6, 6.07) is 9.71. The number of ether oxygens (including phenoxy) is 1. The molecule has 1 atom stereocenters. The van der Waals surface area contributed by atoms with Crippen LogP contribution >= 0.6 is 0 Å². The van der Waals surface area contributed by atoms with Crippen molar-refractivity contribution in [3.8, 4) is 0 Å². The number of benzene rings is 2. The molecule has 0 fully saturated rings. The molecule has 0 aliphatic rings. The van der Waals surface area contributed by atoms with Gasteiger partial charge in [-0.25, -0.2) is 13.6 Å². The van der Waals surface area contributed by atoms with Gasteiger partial charge in [0, 0.05) is 24.3 Å². The first-order valence-corrected chi connectivity index (χ1v) is 10.0. The summed E-state index contributed by atoms with van der Waals surface area (Å²) in [5.41, 5.74) is 1.08. The largest absolute Gasteiger partial charge is 0.459 e. The van der Waals surface area contributed by atoms with E-state index in [1.807, 2.05) is 38.1 Å². The van der Waals surface area contributed by atoms with E-state index in [4.69, 9.17) is 4.74 Å². The van der Waals surface area contributed by atoms with Gasteiger partial charge < -0.3 is 15.0 Å². The van der Waals surface area contributed by atoms with Gasteiger partial charge in [0.05, 0.1) is 0 Å². The smallest absolute Gasteiger partial charge is 0.329 e. The fourth-order valence-corrected chi connectivity index (χ4v) is 3.17. The number of hydrogen-bond donors (Lipinski definition) is 1.